The van der Waals surface area contributed by atoms with Crippen LogP contribution in [0.4, 0.5) is 0 Å². The van der Waals surface area contributed by atoms with Crippen LogP contribution in [0.2, 0.25) is 0 Å². The molecule has 1 aromatic rings. The molecule has 3 nitrogen and oxygen atoms in total. The Morgan fingerprint density at radius 1 is 1.21 bits per heavy atom. The number of likely N-dealkylation sites (N-methyl/N-ethyl adjacent to an activating group) is 1. The lowest BCUT2D eigenvalue weighted by Gasteiger charge is -2.19. The first kappa shape index (κ1) is 16.1. The second kappa shape index (κ2) is 9.05. The Labute approximate surface area is 118 Å². The van der Waals surface area contributed by atoms with Crippen molar-refractivity contribution in [2.75, 3.05) is 20.1 Å². The lowest BCUT2D eigenvalue weighted by molar-refractivity contribution is 0.311. The highest BCUT2D eigenvalue weighted by Crippen LogP contribution is 2.06. The molecule has 0 amide bonds. The molecular weight excluding hydrogens is 234 g/mol. The SMILES string of the molecule is CC(C)CCC(C)NCCN(C)Cc1ccccn1. The maximum absolute atomic E-state index is 4.35. The molecule has 1 unspecified atom stereocenters. The van der Waals surface area contributed by atoms with Gasteiger partial charge >= 0.3 is 0 Å². The summed E-state index contributed by atoms with van der Waals surface area (Å²) in [7, 11) is 2.15. The Balaban J connectivity index is 2.11. The first-order valence-corrected chi connectivity index (χ1v) is 7.39. The summed E-state index contributed by atoms with van der Waals surface area (Å²) in [5.74, 6) is 0.802. The monoisotopic (exact) mass is 263 g/mol. The second-order valence-corrected chi connectivity index (χ2v) is 5.89. The van der Waals surface area contributed by atoms with E-state index in [-0.39, 0.29) is 0 Å². The van der Waals surface area contributed by atoms with Crippen LogP contribution in [0.5, 0.6) is 0 Å². The van der Waals surface area contributed by atoms with Gasteiger partial charge in [0, 0.05) is 31.9 Å². The molecule has 0 aliphatic heterocycles. The van der Waals surface area contributed by atoms with Crippen molar-refractivity contribution in [1.82, 2.24) is 15.2 Å². The third kappa shape index (κ3) is 7.96. The second-order valence-electron chi connectivity index (χ2n) is 5.89. The molecule has 0 bridgehead atoms. The van der Waals surface area contributed by atoms with Gasteiger partial charge in [0.25, 0.3) is 0 Å². The number of rotatable bonds is 9. The molecule has 0 fully saturated rings. The quantitative estimate of drug-likeness (QED) is 0.742. The zero-order chi connectivity index (χ0) is 14.1. The molecule has 0 saturated carbocycles. The van der Waals surface area contributed by atoms with E-state index in [2.05, 4.69) is 49.1 Å². The van der Waals surface area contributed by atoms with Gasteiger partial charge in [-0.25, -0.2) is 0 Å². The zero-order valence-corrected chi connectivity index (χ0v) is 12.9. The van der Waals surface area contributed by atoms with E-state index in [0.717, 1.165) is 31.2 Å². The highest BCUT2D eigenvalue weighted by molar-refractivity contribution is 5.02. The molecule has 0 aliphatic carbocycles. The number of aromatic nitrogens is 1. The lowest BCUT2D eigenvalue weighted by atomic mass is 10.0. The molecule has 0 spiro atoms. The van der Waals surface area contributed by atoms with Gasteiger partial charge in [-0.1, -0.05) is 19.9 Å². The van der Waals surface area contributed by atoms with Crippen molar-refractivity contribution >= 4 is 0 Å². The average molecular weight is 263 g/mol. The molecule has 0 radical (unpaired) electrons. The molecule has 19 heavy (non-hydrogen) atoms. The predicted octanol–water partition coefficient (Wildman–Crippen LogP) is 2.93. The van der Waals surface area contributed by atoms with Crippen molar-refractivity contribution in [3.8, 4) is 0 Å². The van der Waals surface area contributed by atoms with E-state index in [9.17, 15) is 0 Å². The van der Waals surface area contributed by atoms with Crippen LogP contribution in [0.15, 0.2) is 24.4 Å². The largest absolute Gasteiger partial charge is 0.313 e. The van der Waals surface area contributed by atoms with Gasteiger partial charge in [0.1, 0.15) is 0 Å². The number of hydrogen-bond donors (Lipinski definition) is 1. The smallest absolute Gasteiger partial charge is 0.0543 e. The molecule has 1 atom stereocenters. The summed E-state index contributed by atoms with van der Waals surface area (Å²) in [5.41, 5.74) is 1.14. The Kier molecular flexibility index (Phi) is 7.68. The minimum absolute atomic E-state index is 0.616. The van der Waals surface area contributed by atoms with Crippen molar-refractivity contribution in [1.29, 1.82) is 0 Å². The fourth-order valence-corrected chi connectivity index (χ4v) is 2.03. The van der Waals surface area contributed by atoms with E-state index in [0.29, 0.717) is 6.04 Å². The molecule has 3 heteroatoms. The van der Waals surface area contributed by atoms with Gasteiger partial charge in [-0.2, -0.15) is 0 Å². The van der Waals surface area contributed by atoms with Crippen molar-refractivity contribution < 1.29 is 0 Å². The maximum atomic E-state index is 4.35. The van der Waals surface area contributed by atoms with Crippen LogP contribution >= 0.6 is 0 Å². The van der Waals surface area contributed by atoms with Gasteiger partial charge in [-0.15, -0.1) is 0 Å². The number of pyridine rings is 1. The van der Waals surface area contributed by atoms with Gasteiger partial charge in [0.2, 0.25) is 0 Å². The summed E-state index contributed by atoms with van der Waals surface area (Å²) in [4.78, 5) is 6.66. The zero-order valence-electron chi connectivity index (χ0n) is 12.9. The van der Waals surface area contributed by atoms with Crippen LogP contribution in [0.1, 0.15) is 39.3 Å². The van der Waals surface area contributed by atoms with Crippen LogP contribution in [-0.2, 0) is 6.54 Å². The molecular formula is C16H29N3. The van der Waals surface area contributed by atoms with Gasteiger partial charge in [0.05, 0.1) is 5.69 Å². The Bertz CT molecular complexity index is 324. The average Bonchev–Trinajstić information content (AvgIpc) is 2.37. The Morgan fingerprint density at radius 3 is 2.63 bits per heavy atom. The number of hydrogen-bond acceptors (Lipinski definition) is 3. The van der Waals surface area contributed by atoms with Crippen molar-refractivity contribution in [3.05, 3.63) is 30.1 Å². The summed E-state index contributed by atoms with van der Waals surface area (Å²) >= 11 is 0. The van der Waals surface area contributed by atoms with E-state index >= 15 is 0 Å². The van der Waals surface area contributed by atoms with E-state index < -0.39 is 0 Å². The van der Waals surface area contributed by atoms with Crippen LogP contribution in [0.3, 0.4) is 0 Å². The molecule has 0 aliphatic rings. The summed E-state index contributed by atoms with van der Waals surface area (Å²) in [6.45, 7) is 9.87. The van der Waals surface area contributed by atoms with E-state index in [1.54, 1.807) is 0 Å². The summed E-state index contributed by atoms with van der Waals surface area (Å²) < 4.78 is 0. The van der Waals surface area contributed by atoms with Crippen LogP contribution in [-0.4, -0.2) is 36.1 Å². The van der Waals surface area contributed by atoms with E-state index in [1.807, 2.05) is 18.3 Å². The molecule has 1 N–H and O–H groups in total. The first-order chi connectivity index (χ1) is 9.08. The molecule has 0 saturated heterocycles. The van der Waals surface area contributed by atoms with Crippen LogP contribution < -0.4 is 5.32 Å². The minimum Gasteiger partial charge on any atom is -0.313 e. The lowest BCUT2D eigenvalue weighted by Crippen LogP contribution is -2.34. The first-order valence-electron chi connectivity index (χ1n) is 7.39. The third-order valence-electron chi connectivity index (χ3n) is 3.32. The van der Waals surface area contributed by atoms with Gasteiger partial charge in [-0.3, -0.25) is 9.88 Å². The van der Waals surface area contributed by atoms with Crippen molar-refractivity contribution in [3.63, 3.8) is 0 Å². The van der Waals surface area contributed by atoms with E-state index in [4.69, 9.17) is 0 Å². The number of nitrogens with zero attached hydrogens (tertiary/aromatic N) is 2. The topological polar surface area (TPSA) is 28.2 Å². The van der Waals surface area contributed by atoms with Crippen LogP contribution in [0.25, 0.3) is 0 Å². The highest BCUT2D eigenvalue weighted by Gasteiger charge is 2.04. The molecule has 0 aromatic carbocycles. The maximum Gasteiger partial charge on any atom is 0.0543 e. The standard InChI is InChI=1S/C16H29N3/c1-14(2)8-9-15(3)17-11-12-19(4)13-16-7-5-6-10-18-16/h5-7,10,14-15,17H,8-9,11-13H2,1-4H3. The van der Waals surface area contributed by atoms with Crippen LogP contribution in [0, 0.1) is 5.92 Å². The van der Waals surface area contributed by atoms with Gasteiger partial charge < -0.3 is 5.32 Å². The van der Waals surface area contributed by atoms with Gasteiger partial charge in [0.15, 0.2) is 0 Å². The Hall–Kier alpha value is -0.930. The third-order valence-corrected chi connectivity index (χ3v) is 3.32. The summed E-state index contributed by atoms with van der Waals surface area (Å²) in [6.07, 6.45) is 4.43. The molecule has 108 valence electrons. The van der Waals surface area contributed by atoms with Crippen molar-refractivity contribution in [2.24, 2.45) is 5.92 Å². The summed E-state index contributed by atoms with van der Waals surface area (Å²) in [6, 6.07) is 6.70. The number of nitrogens with one attached hydrogen (secondary N) is 1. The van der Waals surface area contributed by atoms with Crippen molar-refractivity contribution in [2.45, 2.75) is 46.2 Å². The molecule has 1 aromatic heterocycles. The fraction of sp³-hybridized carbons (Fsp3) is 0.688. The fourth-order valence-electron chi connectivity index (χ4n) is 2.03. The molecule has 1 rings (SSSR count). The molecule has 1 heterocycles. The van der Waals surface area contributed by atoms with Gasteiger partial charge in [-0.05, 0) is 44.9 Å². The minimum atomic E-state index is 0.616. The van der Waals surface area contributed by atoms with E-state index in [1.165, 1.54) is 12.8 Å². The summed E-state index contributed by atoms with van der Waals surface area (Å²) in [5, 5.41) is 3.59. The predicted molar refractivity (Wildman–Crippen MR) is 82.1 cm³/mol. The normalized spacial score (nSPS) is 13.2. The Morgan fingerprint density at radius 2 is 2.00 bits per heavy atom. The highest BCUT2D eigenvalue weighted by atomic mass is 15.1.